The molecule has 0 aliphatic rings. The van der Waals surface area contributed by atoms with E-state index in [0.717, 1.165) is 17.0 Å². The molecule has 3 aromatic rings. The molecule has 2 aromatic carbocycles. The second-order valence-corrected chi connectivity index (χ2v) is 4.51. The van der Waals surface area contributed by atoms with Crippen molar-refractivity contribution in [1.29, 1.82) is 0 Å². The number of methoxy groups -OCH3 is 1. The van der Waals surface area contributed by atoms with Gasteiger partial charge >= 0.3 is 0 Å². The molecule has 1 heterocycles. The Morgan fingerprint density at radius 2 is 1.89 bits per heavy atom. The molecule has 3 rings (SSSR count). The SMILES string of the molecule is COc1cccc(-c2cc3cc(C)ccc3[nH]2)c1. The smallest absolute Gasteiger partial charge is 0.119 e. The molecule has 0 aliphatic heterocycles. The summed E-state index contributed by atoms with van der Waals surface area (Å²) < 4.78 is 5.26. The predicted octanol–water partition coefficient (Wildman–Crippen LogP) is 4.15. The molecule has 1 aromatic heterocycles. The van der Waals surface area contributed by atoms with Crippen LogP contribution >= 0.6 is 0 Å². The third kappa shape index (κ3) is 1.86. The average molecular weight is 237 g/mol. The van der Waals surface area contributed by atoms with Gasteiger partial charge < -0.3 is 9.72 Å². The van der Waals surface area contributed by atoms with Crippen LogP contribution < -0.4 is 4.74 Å². The molecule has 0 radical (unpaired) electrons. The van der Waals surface area contributed by atoms with E-state index >= 15 is 0 Å². The molecule has 0 saturated carbocycles. The molecule has 0 saturated heterocycles. The number of aryl methyl sites for hydroxylation is 1. The lowest BCUT2D eigenvalue weighted by Crippen LogP contribution is -1.83. The normalized spacial score (nSPS) is 10.8. The van der Waals surface area contributed by atoms with Gasteiger partial charge in [-0.15, -0.1) is 0 Å². The van der Waals surface area contributed by atoms with Crippen molar-refractivity contribution in [3.8, 4) is 17.0 Å². The van der Waals surface area contributed by atoms with Gasteiger partial charge in [-0.3, -0.25) is 0 Å². The minimum absolute atomic E-state index is 0.877. The van der Waals surface area contributed by atoms with Crippen LogP contribution in [0.5, 0.6) is 5.75 Å². The van der Waals surface area contributed by atoms with Crippen LogP contribution in [0.1, 0.15) is 5.56 Å². The molecule has 0 spiro atoms. The summed E-state index contributed by atoms with van der Waals surface area (Å²) in [5.74, 6) is 0.877. The highest BCUT2D eigenvalue weighted by Gasteiger charge is 2.04. The number of aromatic amines is 1. The summed E-state index contributed by atoms with van der Waals surface area (Å²) in [6.45, 7) is 2.11. The number of hydrogen-bond acceptors (Lipinski definition) is 1. The fraction of sp³-hybridized carbons (Fsp3) is 0.125. The van der Waals surface area contributed by atoms with Crippen LogP contribution in [0.25, 0.3) is 22.2 Å². The summed E-state index contributed by atoms with van der Waals surface area (Å²) in [7, 11) is 1.69. The molecule has 90 valence electrons. The number of H-pyrrole nitrogens is 1. The molecule has 0 amide bonds. The van der Waals surface area contributed by atoms with Gasteiger partial charge in [-0.2, -0.15) is 0 Å². The highest BCUT2D eigenvalue weighted by atomic mass is 16.5. The zero-order chi connectivity index (χ0) is 12.5. The first-order chi connectivity index (χ1) is 8.76. The van der Waals surface area contributed by atoms with Crippen LogP contribution in [0, 0.1) is 6.92 Å². The molecule has 0 bridgehead atoms. The minimum Gasteiger partial charge on any atom is -0.497 e. The van der Waals surface area contributed by atoms with Crippen LogP contribution in [0.4, 0.5) is 0 Å². The van der Waals surface area contributed by atoms with Crippen LogP contribution in [-0.4, -0.2) is 12.1 Å². The lowest BCUT2D eigenvalue weighted by Gasteiger charge is -2.02. The van der Waals surface area contributed by atoms with Crippen LogP contribution in [0.3, 0.4) is 0 Å². The van der Waals surface area contributed by atoms with Gasteiger partial charge in [0, 0.05) is 22.2 Å². The highest BCUT2D eigenvalue weighted by molar-refractivity contribution is 5.86. The lowest BCUT2D eigenvalue weighted by atomic mass is 10.1. The van der Waals surface area contributed by atoms with Crippen molar-refractivity contribution < 1.29 is 4.74 Å². The summed E-state index contributed by atoms with van der Waals surface area (Å²) >= 11 is 0. The number of rotatable bonds is 2. The van der Waals surface area contributed by atoms with Gasteiger partial charge in [0.2, 0.25) is 0 Å². The number of nitrogens with one attached hydrogen (secondary N) is 1. The van der Waals surface area contributed by atoms with Gasteiger partial charge in [-0.25, -0.2) is 0 Å². The van der Waals surface area contributed by atoms with Crippen molar-refractivity contribution in [2.75, 3.05) is 7.11 Å². The quantitative estimate of drug-likeness (QED) is 0.711. The summed E-state index contributed by atoms with van der Waals surface area (Å²) in [5.41, 5.74) is 4.70. The monoisotopic (exact) mass is 237 g/mol. The maximum atomic E-state index is 5.26. The van der Waals surface area contributed by atoms with Crippen LogP contribution in [0.2, 0.25) is 0 Å². The van der Waals surface area contributed by atoms with E-state index in [0.29, 0.717) is 0 Å². The molecule has 18 heavy (non-hydrogen) atoms. The first-order valence-corrected chi connectivity index (χ1v) is 6.00. The number of fused-ring (bicyclic) bond motifs is 1. The average Bonchev–Trinajstić information content (AvgIpc) is 2.81. The zero-order valence-corrected chi connectivity index (χ0v) is 10.5. The van der Waals surface area contributed by atoms with Crippen LogP contribution in [-0.2, 0) is 0 Å². The summed E-state index contributed by atoms with van der Waals surface area (Å²) in [6.07, 6.45) is 0. The Bertz CT molecular complexity index is 697. The molecule has 0 unspecified atom stereocenters. The molecule has 0 atom stereocenters. The first-order valence-electron chi connectivity index (χ1n) is 6.00. The maximum Gasteiger partial charge on any atom is 0.119 e. The number of aromatic nitrogens is 1. The number of benzene rings is 2. The van der Waals surface area contributed by atoms with Crippen molar-refractivity contribution in [3.05, 3.63) is 54.1 Å². The summed E-state index contributed by atoms with van der Waals surface area (Å²) in [5, 5.41) is 1.24. The Balaban J connectivity index is 2.13. The Morgan fingerprint density at radius 1 is 1.00 bits per heavy atom. The Morgan fingerprint density at radius 3 is 2.72 bits per heavy atom. The van der Waals surface area contributed by atoms with Crippen molar-refractivity contribution in [3.63, 3.8) is 0 Å². The van der Waals surface area contributed by atoms with E-state index in [1.54, 1.807) is 7.11 Å². The second kappa shape index (κ2) is 4.22. The number of hydrogen-bond donors (Lipinski definition) is 1. The van der Waals surface area contributed by atoms with Gasteiger partial charge in [0.15, 0.2) is 0 Å². The van der Waals surface area contributed by atoms with Crippen molar-refractivity contribution in [2.45, 2.75) is 6.92 Å². The standard InChI is InChI=1S/C16H15NO/c1-11-6-7-15-13(8-11)10-16(17-15)12-4-3-5-14(9-12)18-2/h3-10,17H,1-2H3. The third-order valence-corrected chi connectivity index (χ3v) is 3.16. The third-order valence-electron chi connectivity index (χ3n) is 3.16. The minimum atomic E-state index is 0.877. The van der Waals surface area contributed by atoms with Crippen molar-refractivity contribution >= 4 is 10.9 Å². The fourth-order valence-electron chi connectivity index (χ4n) is 2.20. The second-order valence-electron chi connectivity index (χ2n) is 4.51. The van der Waals surface area contributed by atoms with E-state index in [1.807, 2.05) is 18.2 Å². The van der Waals surface area contributed by atoms with E-state index < -0.39 is 0 Å². The molecular formula is C16H15NO. The van der Waals surface area contributed by atoms with E-state index in [4.69, 9.17) is 4.74 Å². The predicted molar refractivity (Wildman–Crippen MR) is 75.0 cm³/mol. The summed E-state index contributed by atoms with van der Waals surface area (Å²) in [6, 6.07) is 16.7. The zero-order valence-electron chi connectivity index (χ0n) is 10.5. The summed E-state index contributed by atoms with van der Waals surface area (Å²) in [4.78, 5) is 3.43. The highest BCUT2D eigenvalue weighted by Crippen LogP contribution is 2.27. The van der Waals surface area contributed by atoms with Crippen molar-refractivity contribution in [2.24, 2.45) is 0 Å². The molecule has 1 N–H and O–H groups in total. The van der Waals surface area contributed by atoms with Gasteiger partial charge in [-0.05, 0) is 37.3 Å². The molecular weight excluding hydrogens is 222 g/mol. The van der Waals surface area contributed by atoms with E-state index in [9.17, 15) is 0 Å². The first kappa shape index (κ1) is 10.9. The van der Waals surface area contributed by atoms with Gasteiger partial charge in [-0.1, -0.05) is 23.8 Å². The topological polar surface area (TPSA) is 25.0 Å². The van der Waals surface area contributed by atoms with Gasteiger partial charge in [0.1, 0.15) is 5.75 Å². The largest absolute Gasteiger partial charge is 0.497 e. The Hall–Kier alpha value is -2.22. The van der Waals surface area contributed by atoms with Gasteiger partial charge in [0.25, 0.3) is 0 Å². The van der Waals surface area contributed by atoms with Crippen LogP contribution in [0.15, 0.2) is 48.5 Å². The molecule has 0 aliphatic carbocycles. The van der Waals surface area contributed by atoms with E-state index in [-0.39, 0.29) is 0 Å². The Kier molecular flexibility index (Phi) is 2.56. The van der Waals surface area contributed by atoms with E-state index in [1.165, 1.54) is 16.5 Å². The van der Waals surface area contributed by atoms with Gasteiger partial charge in [0.05, 0.1) is 7.11 Å². The molecule has 2 heteroatoms. The maximum absolute atomic E-state index is 5.26. The number of ether oxygens (including phenoxy) is 1. The van der Waals surface area contributed by atoms with Crippen molar-refractivity contribution in [1.82, 2.24) is 4.98 Å². The fourth-order valence-corrected chi connectivity index (χ4v) is 2.20. The molecule has 0 fully saturated rings. The van der Waals surface area contributed by atoms with E-state index in [2.05, 4.69) is 42.2 Å². The Labute approximate surface area is 106 Å². The lowest BCUT2D eigenvalue weighted by molar-refractivity contribution is 0.415. The molecule has 2 nitrogen and oxygen atoms in total.